The number of hydrogen-bond acceptors (Lipinski definition) is 3. The molecule has 2 rings (SSSR count). The van der Waals surface area contributed by atoms with Gasteiger partial charge in [0.05, 0.1) is 16.8 Å². The maximum absolute atomic E-state index is 12.8. The number of alkyl halides is 3. The van der Waals surface area contributed by atoms with Crippen molar-refractivity contribution in [1.29, 1.82) is 0 Å². The Morgan fingerprint density at radius 3 is 2.68 bits per heavy atom. The smallest absolute Gasteiger partial charge is 0.320 e. The van der Waals surface area contributed by atoms with Crippen molar-refractivity contribution in [2.24, 2.45) is 0 Å². The van der Waals surface area contributed by atoms with Gasteiger partial charge in [-0.1, -0.05) is 15.9 Å². The van der Waals surface area contributed by atoms with Gasteiger partial charge >= 0.3 is 6.18 Å². The average Bonchev–Trinajstić information content (AvgIpc) is 2.83. The number of rotatable bonds is 2. The van der Waals surface area contributed by atoms with Gasteiger partial charge in [-0.3, -0.25) is 4.79 Å². The standard InChI is InChI=1S/C11H6BrF3N2OS/c12-6-1-2-8(7(3-6)11(13,14)15)17-10(18)9-4-19-5-16-9/h1-5H,(H,17,18). The Bertz CT molecular complexity index is 598. The zero-order valence-electron chi connectivity index (χ0n) is 9.16. The molecule has 0 fully saturated rings. The summed E-state index contributed by atoms with van der Waals surface area (Å²) in [6, 6.07) is 3.53. The quantitative estimate of drug-likeness (QED) is 0.882. The van der Waals surface area contributed by atoms with E-state index in [4.69, 9.17) is 0 Å². The normalized spacial score (nSPS) is 11.4. The van der Waals surface area contributed by atoms with E-state index in [0.29, 0.717) is 0 Å². The number of thiazole rings is 1. The lowest BCUT2D eigenvalue weighted by Crippen LogP contribution is -2.16. The molecule has 1 heterocycles. The van der Waals surface area contributed by atoms with Gasteiger partial charge in [0.25, 0.3) is 5.91 Å². The van der Waals surface area contributed by atoms with E-state index in [9.17, 15) is 18.0 Å². The molecule has 0 aliphatic heterocycles. The van der Waals surface area contributed by atoms with Crippen LogP contribution >= 0.6 is 27.3 Å². The largest absolute Gasteiger partial charge is 0.418 e. The summed E-state index contributed by atoms with van der Waals surface area (Å²) >= 11 is 4.16. The van der Waals surface area contributed by atoms with Crippen LogP contribution in [0.2, 0.25) is 0 Å². The maximum Gasteiger partial charge on any atom is 0.418 e. The van der Waals surface area contributed by atoms with Crippen LogP contribution in [0.1, 0.15) is 16.1 Å². The SMILES string of the molecule is O=C(Nc1ccc(Br)cc1C(F)(F)F)c1cscn1. The minimum Gasteiger partial charge on any atom is -0.320 e. The zero-order valence-corrected chi connectivity index (χ0v) is 11.6. The number of carbonyl (C=O) groups excluding carboxylic acids is 1. The van der Waals surface area contributed by atoms with E-state index < -0.39 is 17.6 Å². The number of nitrogens with one attached hydrogen (secondary N) is 1. The molecule has 1 amide bonds. The summed E-state index contributed by atoms with van der Waals surface area (Å²) in [5.41, 5.74) is 0.307. The number of anilines is 1. The molecule has 0 aliphatic carbocycles. The van der Waals surface area contributed by atoms with Gasteiger partial charge in [0.1, 0.15) is 5.69 Å². The first-order valence-corrected chi connectivity index (χ1v) is 6.68. The Hall–Kier alpha value is -1.41. The minimum absolute atomic E-state index is 0.0843. The summed E-state index contributed by atoms with van der Waals surface area (Å²) in [5.74, 6) is -0.672. The molecule has 1 aromatic heterocycles. The number of amides is 1. The lowest BCUT2D eigenvalue weighted by molar-refractivity contribution is -0.136. The topological polar surface area (TPSA) is 42.0 Å². The number of benzene rings is 1. The molecule has 8 heteroatoms. The molecule has 0 unspecified atom stereocenters. The number of carbonyl (C=O) groups is 1. The van der Waals surface area contributed by atoms with Gasteiger partial charge in [0.2, 0.25) is 0 Å². The second-order valence-corrected chi connectivity index (χ2v) is 5.15. The monoisotopic (exact) mass is 350 g/mol. The van der Waals surface area contributed by atoms with Gasteiger partial charge in [-0.25, -0.2) is 4.98 Å². The van der Waals surface area contributed by atoms with Crippen LogP contribution in [0.15, 0.2) is 33.6 Å². The second-order valence-electron chi connectivity index (χ2n) is 3.52. The molecule has 0 aliphatic rings. The fourth-order valence-corrected chi connectivity index (χ4v) is 2.26. The number of nitrogens with zero attached hydrogens (tertiary/aromatic N) is 1. The second kappa shape index (κ2) is 5.30. The Morgan fingerprint density at radius 1 is 1.37 bits per heavy atom. The minimum atomic E-state index is -4.55. The lowest BCUT2D eigenvalue weighted by atomic mass is 10.1. The van der Waals surface area contributed by atoms with Gasteiger partial charge in [0, 0.05) is 9.85 Å². The zero-order chi connectivity index (χ0) is 14.0. The molecule has 3 nitrogen and oxygen atoms in total. The predicted octanol–water partition coefficient (Wildman–Crippen LogP) is 4.18. The highest BCUT2D eigenvalue weighted by Crippen LogP contribution is 2.36. The Morgan fingerprint density at radius 2 is 2.11 bits per heavy atom. The Labute approximate surface area is 118 Å². The van der Waals surface area contributed by atoms with E-state index in [2.05, 4.69) is 26.2 Å². The molecule has 0 radical (unpaired) electrons. The van der Waals surface area contributed by atoms with Gasteiger partial charge in [-0.05, 0) is 18.2 Å². The highest BCUT2D eigenvalue weighted by Gasteiger charge is 2.34. The third kappa shape index (κ3) is 3.32. The van der Waals surface area contributed by atoms with Crippen molar-refractivity contribution in [2.45, 2.75) is 6.18 Å². The van der Waals surface area contributed by atoms with Crippen LogP contribution < -0.4 is 5.32 Å². The molecular formula is C11H6BrF3N2OS. The first kappa shape index (κ1) is 14.0. The van der Waals surface area contributed by atoms with Gasteiger partial charge in [-0.2, -0.15) is 13.2 Å². The first-order valence-electron chi connectivity index (χ1n) is 4.94. The van der Waals surface area contributed by atoms with Gasteiger partial charge in [-0.15, -0.1) is 11.3 Å². The summed E-state index contributed by atoms with van der Waals surface area (Å²) in [5, 5.41) is 3.67. The van der Waals surface area contributed by atoms with Crippen LogP contribution in [0.25, 0.3) is 0 Å². The van der Waals surface area contributed by atoms with E-state index >= 15 is 0 Å². The summed E-state index contributed by atoms with van der Waals surface area (Å²) in [4.78, 5) is 15.4. The van der Waals surface area contributed by atoms with Crippen molar-refractivity contribution in [2.75, 3.05) is 5.32 Å². The summed E-state index contributed by atoms with van der Waals surface area (Å²) < 4.78 is 38.8. The molecule has 0 bridgehead atoms. The van der Waals surface area contributed by atoms with E-state index in [0.717, 1.165) is 6.07 Å². The molecule has 19 heavy (non-hydrogen) atoms. The molecule has 0 saturated carbocycles. The predicted molar refractivity (Wildman–Crippen MR) is 69.2 cm³/mol. The van der Waals surface area contributed by atoms with Crippen molar-refractivity contribution >= 4 is 38.9 Å². The van der Waals surface area contributed by atoms with Crippen LogP contribution in [0, 0.1) is 0 Å². The van der Waals surface area contributed by atoms with Gasteiger partial charge < -0.3 is 5.32 Å². The maximum atomic E-state index is 12.8. The van der Waals surface area contributed by atoms with E-state index in [1.807, 2.05) is 0 Å². The van der Waals surface area contributed by atoms with Crippen molar-refractivity contribution in [3.63, 3.8) is 0 Å². The van der Waals surface area contributed by atoms with Crippen LogP contribution in [-0.4, -0.2) is 10.9 Å². The fourth-order valence-electron chi connectivity index (χ4n) is 1.37. The Balaban J connectivity index is 2.33. The van der Waals surface area contributed by atoms with Crippen molar-refractivity contribution in [1.82, 2.24) is 4.98 Å². The number of hydrogen-bond donors (Lipinski definition) is 1. The van der Waals surface area contributed by atoms with E-state index in [1.54, 1.807) is 0 Å². The lowest BCUT2D eigenvalue weighted by Gasteiger charge is -2.13. The fraction of sp³-hybridized carbons (Fsp3) is 0.0909. The molecule has 0 saturated heterocycles. The van der Waals surface area contributed by atoms with Crippen LogP contribution in [0.4, 0.5) is 18.9 Å². The molecule has 2 aromatic rings. The van der Waals surface area contributed by atoms with E-state index in [-0.39, 0.29) is 15.9 Å². The molecule has 100 valence electrons. The third-order valence-electron chi connectivity index (χ3n) is 2.20. The summed E-state index contributed by atoms with van der Waals surface area (Å²) in [6.07, 6.45) is -4.55. The molecular weight excluding hydrogens is 345 g/mol. The summed E-state index contributed by atoms with van der Waals surface area (Å²) in [7, 11) is 0. The molecule has 1 aromatic carbocycles. The highest BCUT2D eigenvalue weighted by atomic mass is 79.9. The van der Waals surface area contributed by atoms with Gasteiger partial charge in [0.15, 0.2) is 0 Å². The van der Waals surface area contributed by atoms with Crippen molar-refractivity contribution < 1.29 is 18.0 Å². The van der Waals surface area contributed by atoms with Crippen LogP contribution in [0.5, 0.6) is 0 Å². The first-order chi connectivity index (χ1) is 8.88. The molecule has 1 N–H and O–H groups in total. The van der Waals surface area contributed by atoms with E-state index in [1.165, 1.54) is 34.4 Å². The number of halogens is 4. The highest BCUT2D eigenvalue weighted by molar-refractivity contribution is 9.10. The molecule has 0 atom stereocenters. The van der Waals surface area contributed by atoms with Crippen LogP contribution in [0.3, 0.4) is 0 Å². The van der Waals surface area contributed by atoms with Crippen molar-refractivity contribution in [3.05, 3.63) is 44.8 Å². The summed E-state index contributed by atoms with van der Waals surface area (Å²) in [6.45, 7) is 0. The molecule has 0 spiro atoms. The van der Waals surface area contributed by atoms with Crippen LogP contribution in [-0.2, 0) is 6.18 Å². The third-order valence-corrected chi connectivity index (χ3v) is 3.28. The number of aromatic nitrogens is 1. The Kier molecular flexibility index (Phi) is 3.91. The van der Waals surface area contributed by atoms with Crippen molar-refractivity contribution in [3.8, 4) is 0 Å². The average molecular weight is 351 g/mol.